The van der Waals surface area contributed by atoms with E-state index in [0.29, 0.717) is 35.6 Å². The zero-order valence-corrected chi connectivity index (χ0v) is 33.5. The summed E-state index contributed by atoms with van der Waals surface area (Å²) in [5, 5.41) is 0. The Morgan fingerprint density at radius 1 is 0.414 bits per heavy atom. The fourth-order valence-electron chi connectivity index (χ4n) is 11.6. The third-order valence-electron chi connectivity index (χ3n) is 13.6. The van der Waals surface area contributed by atoms with E-state index in [2.05, 4.69) is 44.2 Å². The van der Waals surface area contributed by atoms with Gasteiger partial charge in [0.25, 0.3) is 0 Å². The van der Waals surface area contributed by atoms with Gasteiger partial charge >= 0.3 is 23.9 Å². The second-order valence-corrected chi connectivity index (χ2v) is 16.5. The smallest absolute Gasteiger partial charge is 0.355 e. The van der Waals surface area contributed by atoms with Gasteiger partial charge in [0.2, 0.25) is 0 Å². The third-order valence-corrected chi connectivity index (χ3v) is 13.6. The molecule has 4 heterocycles. The van der Waals surface area contributed by atoms with Crippen molar-refractivity contribution in [1.29, 1.82) is 0 Å². The number of hydrogen-bond donors (Lipinski definition) is 4. The first-order valence-electron chi connectivity index (χ1n) is 21.3. The van der Waals surface area contributed by atoms with Gasteiger partial charge in [-0.25, -0.2) is 19.2 Å². The number of esters is 4. The molecule has 9 aliphatic carbocycles. The van der Waals surface area contributed by atoms with Gasteiger partial charge in [-0.1, -0.05) is 24.3 Å². The number of ether oxygens (including phenoxy) is 4. The summed E-state index contributed by atoms with van der Waals surface area (Å²) >= 11 is 0. The van der Waals surface area contributed by atoms with Crippen molar-refractivity contribution in [2.45, 2.75) is 115 Å². The zero-order valence-electron chi connectivity index (χ0n) is 33.5. The molecule has 12 nitrogen and oxygen atoms in total. The van der Waals surface area contributed by atoms with Gasteiger partial charge in [0.15, 0.2) is 0 Å². The van der Waals surface area contributed by atoms with Gasteiger partial charge in [0.1, 0.15) is 22.8 Å². The fourth-order valence-corrected chi connectivity index (χ4v) is 11.6. The van der Waals surface area contributed by atoms with Gasteiger partial charge in [0.05, 0.1) is 26.4 Å². The highest BCUT2D eigenvalue weighted by Crippen LogP contribution is 2.58. The van der Waals surface area contributed by atoms with Crippen LogP contribution in [-0.2, 0) is 31.8 Å². The second-order valence-electron chi connectivity index (χ2n) is 16.5. The summed E-state index contributed by atoms with van der Waals surface area (Å²) in [5.74, 6) is -1.27. The molecular weight excluding hydrogens is 737 g/mol. The first-order valence-corrected chi connectivity index (χ1v) is 21.3. The van der Waals surface area contributed by atoms with Crippen LogP contribution in [0.15, 0.2) is 24.3 Å². The van der Waals surface area contributed by atoms with E-state index in [0.717, 1.165) is 106 Å². The van der Waals surface area contributed by atoms with Gasteiger partial charge in [-0.2, -0.15) is 0 Å². The van der Waals surface area contributed by atoms with Crippen molar-refractivity contribution in [2.24, 2.45) is 0 Å². The first kappa shape index (κ1) is 36.8. The normalized spacial score (nSPS) is 23.7. The van der Waals surface area contributed by atoms with E-state index in [1.807, 2.05) is 27.7 Å². The van der Waals surface area contributed by atoms with E-state index in [-0.39, 0.29) is 73.9 Å². The van der Waals surface area contributed by atoms with Gasteiger partial charge < -0.3 is 38.9 Å². The SMILES string of the molecule is CCOC(=O)c1[nH]c(Cc2[nH]c(C(=O)OCC)c3c2[C@@H]2C=C[C@H]3CC2)c2c1[C@@H]1CC[C@H]2c2c(C(=O)OCC)[nH]c(Cc3[nH]c(C(=O)OCC)c4c3[C@@H]3C=C[C@H]4CC3)c21. The van der Waals surface area contributed by atoms with Gasteiger partial charge in [-0.15, -0.1) is 0 Å². The zero-order chi connectivity index (χ0) is 40.0. The summed E-state index contributed by atoms with van der Waals surface area (Å²) in [4.78, 5) is 68.7. The van der Waals surface area contributed by atoms with Crippen LogP contribution in [0.25, 0.3) is 0 Å². The third kappa shape index (κ3) is 5.39. The van der Waals surface area contributed by atoms with Crippen molar-refractivity contribution >= 4 is 23.9 Å². The summed E-state index contributed by atoms with van der Waals surface area (Å²) in [6, 6.07) is 0. The second kappa shape index (κ2) is 14.1. The molecule has 0 aliphatic heterocycles. The van der Waals surface area contributed by atoms with E-state index in [4.69, 9.17) is 18.9 Å². The van der Waals surface area contributed by atoms with Crippen LogP contribution < -0.4 is 0 Å². The summed E-state index contributed by atoms with van der Waals surface area (Å²) < 4.78 is 22.5. The molecule has 12 heteroatoms. The Morgan fingerprint density at radius 3 is 0.983 bits per heavy atom. The molecule has 6 atom stereocenters. The number of hydrogen-bond acceptors (Lipinski definition) is 8. The lowest BCUT2D eigenvalue weighted by Gasteiger charge is -2.38. The Kier molecular flexibility index (Phi) is 8.94. The predicted molar refractivity (Wildman–Crippen MR) is 213 cm³/mol. The van der Waals surface area contributed by atoms with Crippen LogP contribution >= 0.6 is 0 Å². The van der Waals surface area contributed by atoms with E-state index >= 15 is 0 Å². The molecule has 0 aromatic carbocycles. The highest BCUT2D eigenvalue weighted by atomic mass is 16.5. The molecule has 0 saturated heterocycles. The summed E-state index contributed by atoms with van der Waals surface area (Å²) in [6.07, 6.45) is 15.4. The average Bonchev–Trinajstić information content (AvgIpc) is 4.03. The number of H-pyrrole nitrogens is 4. The quantitative estimate of drug-likeness (QED) is 0.0632. The molecular formula is C46H50N4O8. The number of aromatic nitrogens is 4. The highest BCUT2D eigenvalue weighted by molar-refractivity contribution is 5.95. The maximum absolute atomic E-state index is 13.9. The van der Waals surface area contributed by atoms with Crippen molar-refractivity contribution in [3.05, 3.63) is 114 Å². The van der Waals surface area contributed by atoms with Crippen molar-refractivity contribution in [1.82, 2.24) is 19.9 Å². The van der Waals surface area contributed by atoms with Crippen molar-refractivity contribution < 1.29 is 38.1 Å². The van der Waals surface area contributed by atoms with Crippen LogP contribution in [0.3, 0.4) is 0 Å². The van der Waals surface area contributed by atoms with E-state index in [1.165, 1.54) is 0 Å². The van der Waals surface area contributed by atoms with Crippen LogP contribution in [0.4, 0.5) is 0 Å². The lowest BCUT2D eigenvalue weighted by atomic mass is 9.63. The average molecular weight is 787 g/mol. The van der Waals surface area contributed by atoms with Crippen LogP contribution in [0.5, 0.6) is 0 Å². The highest BCUT2D eigenvalue weighted by Gasteiger charge is 2.48. The lowest BCUT2D eigenvalue weighted by molar-refractivity contribution is 0.0507. The van der Waals surface area contributed by atoms with Crippen LogP contribution in [0.2, 0.25) is 0 Å². The van der Waals surface area contributed by atoms with Gasteiger partial charge in [-0.05, 0) is 111 Å². The molecule has 0 amide bonds. The molecule has 0 spiro atoms. The number of nitrogens with one attached hydrogen (secondary N) is 4. The molecule has 4 N–H and O–H groups in total. The summed E-state index contributed by atoms with van der Waals surface area (Å²) in [6.45, 7) is 8.26. The maximum Gasteiger partial charge on any atom is 0.355 e. The van der Waals surface area contributed by atoms with Crippen LogP contribution in [0, 0.1) is 0 Å². The standard InChI is InChI=1S/C46H50N4O8/c1-5-55-43(51)39-33-23-13-9-21(10-14-23)31(33)27(47-39)19-29-35-25-17-18-26(37(35)41(49-29)45(53)57-7-3)36-30(50-42(38(25)36)46(54)58-8-4)20-28-32-22-11-15-24(16-12-22)34(32)40(48-28)44(52)56-6-2/h9,11,13,15,21-26,47-50H,5-8,10,12,14,16-20H2,1-4H3/t21-,22-,23+,24+,25-,26-/m1/s1. The fraction of sp³-hybridized carbons (Fsp3) is 0.478. The number of carbonyl (C=O) groups is 4. The Balaban J connectivity index is 1.11. The topological polar surface area (TPSA) is 168 Å². The number of rotatable bonds is 12. The number of fused-ring (bicyclic) bond motifs is 3. The Labute approximate surface area is 336 Å². The summed E-state index contributed by atoms with van der Waals surface area (Å²) in [7, 11) is 0. The first-order chi connectivity index (χ1) is 28.3. The molecule has 4 aromatic rings. The molecule has 9 aliphatic rings. The molecule has 58 heavy (non-hydrogen) atoms. The van der Waals surface area contributed by atoms with Crippen molar-refractivity contribution in [2.75, 3.05) is 26.4 Å². The molecule has 0 radical (unpaired) electrons. The minimum Gasteiger partial charge on any atom is -0.461 e. The van der Waals surface area contributed by atoms with E-state index in [1.54, 1.807) is 0 Å². The molecule has 302 valence electrons. The van der Waals surface area contributed by atoms with Crippen LogP contribution in [-0.4, -0.2) is 70.2 Å². The van der Waals surface area contributed by atoms with Gasteiger partial charge in [0, 0.05) is 71.1 Å². The molecule has 0 fully saturated rings. The Hall–Kier alpha value is -5.52. The van der Waals surface area contributed by atoms with Crippen molar-refractivity contribution in [3.8, 4) is 0 Å². The van der Waals surface area contributed by atoms with Crippen molar-refractivity contribution in [3.63, 3.8) is 0 Å². The molecule has 4 aromatic heterocycles. The predicted octanol–water partition coefficient (Wildman–Crippen LogP) is 8.32. The summed E-state index contributed by atoms with van der Waals surface area (Å²) in [5.41, 5.74) is 13.8. The van der Waals surface area contributed by atoms with Crippen LogP contribution in [0.1, 0.15) is 211 Å². The molecule has 13 rings (SSSR count). The minimum absolute atomic E-state index is 0.144. The number of aromatic amines is 4. The Morgan fingerprint density at radius 2 is 0.690 bits per heavy atom. The number of carbonyl (C=O) groups excluding carboxylic acids is 4. The Bertz CT molecular complexity index is 2280. The van der Waals surface area contributed by atoms with Gasteiger partial charge in [-0.3, -0.25) is 0 Å². The largest absolute Gasteiger partial charge is 0.461 e. The lowest BCUT2D eigenvalue weighted by Crippen LogP contribution is -2.27. The monoisotopic (exact) mass is 786 g/mol. The maximum atomic E-state index is 13.9. The molecule has 6 bridgehead atoms. The van der Waals surface area contributed by atoms with E-state index in [9.17, 15) is 19.2 Å². The molecule has 0 unspecified atom stereocenters. The van der Waals surface area contributed by atoms with E-state index < -0.39 is 11.9 Å². The minimum atomic E-state index is -0.412. The number of allylic oxidation sites excluding steroid dienone is 4. The molecule has 0 saturated carbocycles.